The zero-order valence-corrected chi connectivity index (χ0v) is 12.6. The lowest BCUT2D eigenvalue weighted by molar-refractivity contribution is -0.111. The number of anilines is 2. The maximum Gasteiger partial charge on any atom is 0.249 e. The molecule has 6 nitrogen and oxygen atoms in total. The summed E-state index contributed by atoms with van der Waals surface area (Å²) in [4.78, 5) is 25.4. The molecule has 1 aliphatic heterocycles. The fourth-order valence-electron chi connectivity index (χ4n) is 2.48. The monoisotopic (exact) mass is 297 g/mol. The van der Waals surface area contributed by atoms with Gasteiger partial charge in [0.05, 0.1) is 11.0 Å². The summed E-state index contributed by atoms with van der Waals surface area (Å²) in [6, 6.07) is 7.67. The topological polar surface area (TPSA) is 61.4 Å². The second kappa shape index (κ2) is 6.11. The Bertz CT molecular complexity index is 707. The van der Waals surface area contributed by atoms with Crippen LogP contribution < -0.4 is 10.2 Å². The van der Waals surface area contributed by atoms with Gasteiger partial charge in [-0.1, -0.05) is 18.7 Å². The number of nitrogens with zero attached hydrogens (tertiary/aromatic N) is 4. The van der Waals surface area contributed by atoms with E-state index in [1.54, 1.807) is 0 Å². The van der Waals surface area contributed by atoms with Gasteiger partial charge in [0, 0.05) is 26.2 Å². The van der Waals surface area contributed by atoms with Crippen LogP contribution in [0.1, 0.15) is 0 Å². The molecule has 0 atom stereocenters. The third-order valence-corrected chi connectivity index (χ3v) is 3.78. The molecule has 1 aromatic heterocycles. The molecule has 22 heavy (non-hydrogen) atoms. The Morgan fingerprint density at radius 2 is 1.82 bits per heavy atom. The number of carbonyl (C=O) groups is 1. The Morgan fingerprint density at radius 3 is 2.45 bits per heavy atom. The van der Waals surface area contributed by atoms with Gasteiger partial charge >= 0.3 is 0 Å². The SMILES string of the molecule is C=CC(=O)Nc1nc2ccccc2nc1N1CCN(C)CC1. The van der Waals surface area contributed by atoms with Crippen LogP contribution in [0.2, 0.25) is 0 Å². The second-order valence-electron chi connectivity index (χ2n) is 5.37. The quantitative estimate of drug-likeness (QED) is 0.870. The van der Waals surface area contributed by atoms with Gasteiger partial charge in [0.25, 0.3) is 0 Å². The van der Waals surface area contributed by atoms with Gasteiger partial charge in [-0.2, -0.15) is 0 Å². The molecule has 1 aromatic carbocycles. The van der Waals surface area contributed by atoms with Crippen molar-refractivity contribution in [3.63, 3.8) is 0 Å². The summed E-state index contributed by atoms with van der Waals surface area (Å²) in [7, 11) is 2.10. The molecular weight excluding hydrogens is 278 g/mol. The molecular formula is C16H19N5O. The number of likely N-dealkylation sites (N-methyl/N-ethyl adjacent to an activating group) is 1. The number of nitrogens with one attached hydrogen (secondary N) is 1. The molecule has 2 aromatic rings. The van der Waals surface area contributed by atoms with Crippen molar-refractivity contribution in [3.05, 3.63) is 36.9 Å². The number of fused-ring (bicyclic) bond motifs is 1. The van der Waals surface area contributed by atoms with Gasteiger partial charge in [-0.15, -0.1) is 0 Å². The van der Waals surface area contributed by atoms with Crippen LogP contribution in [0.15, 0.2) is 36.9 Å². The molecule has 0 bridgehead atoms. The van der Waals surface area contributed by atoms with Gasteiger partial charge in [0.15, 0.2) is 11.6 Å². The molecule has 2 heterocycles. The molecule has 1 amide bonds. The first-order chi connectivity index (χ1) is 10.7. The van der Waals surface area contributed by atoms with Gasteiger partial charge in [-0.05, 0) is 25.3 Å². The number of carbonyl (C=O) groups excluding carboxylic acids is 1. The van der Waals surface area contributed by atoms with Crippen molar-refractivity contribution < 1.29 is 4.79 Å². The molecule has 0 unspecified atom stereocenters. The largest absolute Gasteiger partial charge is 0.351 e. The number of benzene rings is 1. The molecule has 3 rings (SSSR count). The first kappa shape index (κ1) is 14.5. The minimum atomic E-state index is -0.278. The number of rotatable bonds is 3. The number of piperazine rings is 1. The fourth-order valence-corrected chi connectivity index (χ4v) is 2.48. The maximum absolute atomic E-state index is 11.7. The molecule has 0 saturated carbocycles. The van der Waals surface area contributed by atoms with Crippen molar-refractivity contribution >= 4 is 28.6 Å². The Hall–Kier alpha value is -2.47. The maximum atomic E-state index is 11.7. The fraction of sp³-hybridized carbons (Fsp3) is 0.312. The molecule has 114 valence electrons. The van der Waals surface area contributed by atoms with E-state index in [1.807, 2.05) is 24.3 Å². The third kappa shape index (κ3) is 2.92. The third-order valence-electron chi connectivity index (χ3n) is 3.78. The summed E-state index contributed by atoms with van der Waals surface area (Å²) in [5.74, 6) is 0.940. The number of hydrogen-bond donors (Lipinski definition) is 1. The van der Waals surface area contributed by atoms with Crippen LogP contribution in [0.5, 0.6) is 0 Å². The molecule has 0 spiro atoms. The smallest absolute Gasteiger partial charge is 0.249 e. The van der Waals surface area contributed by atoms with Gasteiger partial charge in [0.1, 0.15) is 0 Å². The van der Waals surface area contributed by atoms with E-state index in [0.29, 0.717) is 5.82 Å². The number of para-hydroxylation sites is 2. The highest BCUT2D eigenvalue weighted by Gasteiger charge is 2.20. The van der Waals surface area contributed by atoms with E-state index >= 15 is 0 Å². The van der Waals surface area contributed by atoms with E-state index in [4.69, 9.17) is 4.98 Å². The van der Waals surface area contributed by atoms with Crippen molar-refractivity contribution in [2.24, 2.45) is 0 Å². The zero-order chi connectivity index (χ0) is 15.5. The lowest BCUT2D eigenvalue weighted by Crippen LogP contribution is -2.45. The number of hydrogen-bond acceptors (Lipinski definition) is 5. The van der Waals surface area contributed by atoms with E-state index in [1.165, 1.54) is 6.08 Å². The minimum absolute atomic E-state index is 0.278. The zero-order valence-electron chi connectivity index (χ0n) is 12.6. The lowest BCUT2D eigenvalue weighted by atomic mass is 10.3. The molecule has 1 fully saturated rings. The highest BCUT2D eigenvalue weighted by molar-refractivity contribution is 6.00. The Morgan fingerprint density at radius 1 is 1.18 bits per heavy atom. The van der Waals surface area contributed by atoms with E-state index in [-0.39, 0.29) is 5.91 Å². The van der Waals surface area contributed by atoms with Gasteiger partial charge < -0.3 is 15.1 Å². The number of amides is 1. The van der Waals surface area contributed by atoms with Crippen molar-refractivity contribution in [2.75, 3.05) is 43.4 Å². The standard InChI is InChI=1S/C16H19N5O/c1-3-14(22)19-15-16(21-10-8-20(2)9-11-21)18-13-7-5-4-6-12(13)17-15/h3-7H,1,8-11H2,2H3,(H,17,19,22). The average Bonchev–Trinajstić information content (AvgIpc) is 2.55. The normalized spacial score (nSPS) is 15.8. The van der Waals surface area contributed by atoms with Crippen molar-refractivity contribution in [3.8, 4) is 0 Å². The van der Waals surface area contributed by atoms with Crippen molar-refractivity contribution in [1.82, 2.24) is 14.9 Å². The Balaban J connectivity index is 2.02. The lowest BCUT2D eigenvalue weighted by Gasteiger charge is -2.33. The van der Waals surface area contributed by atoms with Crippen LogP contribution in [-0.4, -0.2) is 54.0 Å². The highest BCUT2D eigenvalue weighted by atomic mass is 16.1. The van der Waals surface area contributed by atoms with E-state index < -0.39 is 0 Å². The van der Waals surface area contributed by atoms with E-state index in [2.05, 4.69) is 33.7 Å². The number of aromatic nitrogens is 2. The van der Waals surface area contributed by atoms with Crippen LogP contribution in [0.4, 0.5) is 11.6 Å². The van der Waals surface area contributed by atoms with Gasteiger partial charge in [-0.25, -0.2) is 9.97 Å². The molecule has 1 aliphatic rings. The van der Waals surface area contributed by atoms with E-state index in [9.17, 15) is 4.79 Å². The summed E-state index contributed by atoms with van der Waals surface area (Å²) < 4.78 is 0. The summed E-state index contributed by atoms with van der Waals surface area (Å²) in [6.45, 7) is 7.14. The molecule has 0 radical (unpaired) electrons. The molecule has 1 N–H and O–H groups in total. The highest BCUT2D eigenvalue weighted by Crippen LogP contribution is 2.25. The molecule has 0 aliphatic carbocycles. The summed E-state index contributed by atoms with van der Waals surface area (Å²) >= 11 is 0. The van der Waals surface area contributed by atoms with Crippen LogP contribution >= 0.6 is 0 Å². The van der Waals surface area contributed by atoms with Crippen LogP contribution in [0.3, 0.4) is 0 Å². The van der Waals surface area contributed by atoms with Crippen molar-refractivity contribution in [1.29, 1.82) is 0 Å². The average molecular weight is 297 g/mol. The second-order valence-corrected chi connectivity index (χ2v) is 5.37. The summed E-state index contributed by atoms with van der Waals surface area (Å²) in [5, 5.41) is 2.77. The summed E-state index contributed by atoms with van der Waals surface area (Å²) in [5.41, 5.74) is 1.59. The first-order valence-corrected chi connectivity index (χ1v) is 7.31. The molecule has 1 saturated heterocycles. The first-order valence-electron chi connectivity index (χ1n) is 7.31. The molecule has 6 heteroatoms. The van der Waals surface area contributed by atoms with Gasteiger partial charge in [-0.3, -0.25) is 4.79 Å². The van der Waals surface area contributed by atoms with Crippen LogP contribution in [0, 0.1) is 0 Å². The van der Waals surface area contributed by atoms with Crippen LogP contribution in [-0.2, 0) is 4.79 Å². The Kier molecular flexibility index (Phi) is 4.02. The predicted octanol–water partition coefficient (Wildman–Crippen LogP) is 1.51. The minimum Gasteiger partial charge on any atom is -0.351 e. The van der Waals surface area contributed by atoms with Crippen LogP contribution in [0.25, 0.3) is 11.0 Å². The van der Waals surface area contributed by atoms with Gasteiger partial charge in [0.2, 0.25) is 5.91 Å². The van der Waals surface area contributed by atoms with E-state index in [0.717, 1.165) is 43.0 Å². The summed E-state index contributed by atoms with van der Waals surface area (Å²) in [6.07, 6.45) is 1.24. The van der Waals surface area contributed by atoms with Crippen molar-refractivity contribution in [2.45, 2.75) is 0 Å². The predicted molar refractivity (Wildman–Crippen MR) is 88.1 cm³/mol. The Labute approximate surface area is 129 Å².